The molecule has 0 saturated heterocycles. The lowest BCUT2D eigenvalue weighted by atomic mass is 9.98. The number of carboxylic acid groups (broad SMARTS) is 1. The molecular weight excluding hydrogens is 781 g/mol. The Hall–Kier alpha value is -5.58. The number of fused-ring (bicyclic) bond motifs is 4. The topological polar surface area (TPSA) is 242 Å². The maximum absolute atomic E-state index is 13.4. The van der Waals surface area contributed by atoms with Crippen molar-refractivity contribution in [3.05, 3.63) is 66.0 Å². The number of aliphatic carboxylic acids is 1. The first-order chi connectivity index (χ1) is 27.8. The zero-order valence-corrected chi connectivity index (χ0v) is 35.2. The van der Waals surface area contributed by atoms with Crippen LogP contribution < -0.4 is 21.7 Å². The molecule has 2 aromatic carbocycles. The molecule has 1 aliphatic carbocycles. The van der Waals surface area contributed by atoms with Gasteiger partial charge in [-0.05, 0) is 70.2 Å². The number of anilines is 2. The average Bonchev–Trinajstić information content (AvgIpc) is 3.69. The van der Waals surface area contributed by atoms with Crippen LogP contribution in [0.5, 0.6) is 0 Å². The third-order valence-electron chi connectivity index (χ3n) is 8.87. The average molecular weight is 836 g/mol. The molecule has 59 heavy (non-hydrogen) atoms. The summed E-state index contributed by atoms with van der Waals surface area (Å²) in [4.78, 5) is 64.4. The highest BCUT2D eigenvalue weighted by Crippen LogP contribution is 2.54. The van der Waals surface area contributed by atoms with Gasteiger partial charge in [-0.3, -0.25) is 18.9 Å². The monoisotopic (exact) mass is 835 g/mol. The second kappa shape index (κ2) is 19.0. The Morgan fingerprint density at radius 3 is 2.14 bits per heavy atom. The number of amides is 3. The van der Waals surface area contributed by atoms with E-state index in [0.717, 1.165) is 27.2 Å². The van der Waals surface area contributed by atoms with Crippen molar-refractivity contribution in [2.75, 3.05) is 56.5 Å². The molecule has 4 aromatic rings. The third-order valence-corrected chi connectivity index (χ3v) is 11.3. The number of nitrogens with zero attached hydrogens (tertiary/aromatic N) is 5. The number of ether oxygens (including phenoxy) is 1. The van der Waals surface area contributed by atoms with Gasteiger partial charge in [-0.2, -0.15) is 9.97 Å². The molecule has 2 aromatic heterocycles. The van der Waals surface area contributed by atoms with E-state index in [4.69, 9.17) is 19.5 Å². The summed E-state index contributed by atoms with van der Waals surface area (Å²) in [6.07, 6.45) is 1.03. The number of nitrogen functional groups attached to an aromatic ring is 1. The van der Waals surface area contributed by atoms with Crippen molar-refractivity contribution in [2.24, 2.45) is 0 Å². The van der Waals surface area contributed by atoms with E-state index < -0.39 is 43.3 Å². The van der Waals surface area contributed by atoms with Gasteiger partial charge in [0.15, 0.2) is 11.5 Å². The number of aromatic nitrogens is 4. The first kappa shape index (κ1) is 44.5. The molecule has 318 valence electrons. The van der Waals surface area contributed by atoms with Crippen molar-refractivity contribution in [1.82, 2.24) is 35.1 Å². The molecule has 0 radical (unpaired) electrons. The Labute approximate surface area is 343 Å². The van der Waals surface area contributed by atoms with Crippen LogP contribution in [-0.2, 0) is 39.3 Å². The zero-order chi connectivity index (χ0) is 43.0. The number of carbonyl (C=O) groups excluding carboxylic acids is 3. The molecule has 0 unspecified atom stereocenters. The van der Waals surface area contributed by atoms with Crippen LogP contribution in [0.4, 0.5) is 16.6 Å². The van der Waals surface area contributed by atoms with Gasteiger partial charge in [-0.1, -0.05) is 48.5 Å². The first-order valence-corrected chi connectivity index (χ1v) is 21.1. The van der Waals surface area contributed by atoms with Gasteiger partial charge in [0.2, 0.25) is 17.8 Å². The quantitative estimate of drug-likeness (QED) is 0.0618. The van der Waals surface area contributed by atoms with Crippen LogP contribution in [-0.4, -0.2) is 110 Å². The number of benzene rings is 2. The number of rotatable bonds is 19. The molecule has 1 aliphatic rings. The Morgan fingerprint density at radius 1 is 0.898 bits per heavy atom. The van der Waals surface area contributed by atoms with E-state index in [1.807, 2.05) is 48.5 Å². The molecule has 19 heteroatoms. The minimum Gasteiger partial charge on any atom is -0.480 e. The molecule has 18 nitrogen and oxygen atoms in total. The smallest absolute Gasteiger partial charge is 0.407 e. The van der Waals surface area contributed by atoms with Crippen LogP contribution >= 0.6 is 7.60 Å². The fraction of sp³-hybridized carbons (Fsp3) is 0.475. The zero-order valence-electron chi connectivity index (χ0n) is 34.3. The number of nitrogens with one attached hydrogen (secondary N) is 3. The summed E-state index contributed by atoms with van der Waals surface area (Å²) in [6, 6.07) is 15.9. The number of alkyl carbamates (subject to hydrolysis) is 1. The van der Waals surface area contributed by atoms with E-state index >= 15 is 0 Å². The Morgan fingerprint density at radius 2 is 1.53 bits per heavy atom. The molecule has 0 saturated carbocycles. The van der Waals surface area contributed by atoms with Crippen molar-refractivity contribution < 1.29 is 42.6 Å². The third kappa shape index (κ3) is 12.7. The van der Waals surface area contributed by atoms with E-state index in [0.29, 0.717) is 19.5 Å². The van der Waals surface area contributed by atoms with E-state index in [1.54, 1.807) is 41.5 Å². The summed E-state index contributed by atoms with van der Waals surface area (Å²) in [5.74, 6) is -2.00. The molecule has 0 spiro atoms. The van der Waals surface area contributed by atoms with Crippen molar-refractivity contribution in [1.29, 1.82) is 0 Å². The fourth-order valence-electron chi connectivity index (χ4n) is 6.59. The lowest BCUT2D eigenvalue weighted by molar-refractivity contribution is -0.144. The van der Waals surface area contributed by atoms with Crippen LogP contribution in [0.1, 0.15) is 71.4 Å². The summed E-state index contributed by atoms with van der Waals surface area (Å²) in [7, 11) is -3.55. The molecule has 5 rings (SSSR count). The Bertz CT molecular complexity index is 2130. The highest BCUT2D eigenvalue weighted by molar-refractivity contribution is 7.54. The highest BCUT2D eigenvalue weighted by atomic mass is 31.2. The van der Waals surface area contributed by atoms with Crippen molar-refractivity contribution in [3.8, 4) is 11.1 Å². The van der Waals surface area contributed by atoms with E-state index in [9.17, 15) is 28.8 Å². The van der Waals surface area contributed by atoms with Gasteiger partial charge in [0.1, 0.15) is 25.2 Å². The van der Waals surface area contributed by atoms with Crippen LogP contribution in [0.2, 0.25) is 0 Å². The number of carboxylic acids is 1. The van der Waals surface area contributed by atoms with E-state index in [1.165, 1.54) is 10.9 Å². The molecule has 0 atom stereocenters. The SMILES string of the molecule is CC(C)(C)OP(=O)(CCC(=O)NCCCNc1nc(N)c2ncn(CC(=O)N(CCNC(=O)OCC3c4ccccc4-c4ccccc43)CC(=O)O)c2n1)OC(C)(C)C. The number of hydrogen-bond acceptors (Lipinski definition) is 13. The fourth-order valence-corrected chi connectivity index (χ4v) is 8.96. The first-order valence-electron chi connectivity index (χ1n) is 19.4. The number of imidazole rings is 1. The van der Waals surface area contributed by atoms with E-state index in [-0.39, 0.29) is 73.6 Å². The van der Waals surface area contributed by atoms with Crippen molar-refractivity contribution >= 4 is 54.4 Å². The van der Waals surface area contributed by atoms with Gasteiger partial charge in [-0.25, -0.2) is 9.78 Å². The lowest BCUT2D eigenvalue weighted by Crippen LogP contribution is -2.42. The van der Waals surface area contributed by atoms with E-state index in [2.05, 4.69) is 30.9 Å². The molecule has 6 N–H and O–H groups in total. The Balaban J connectivity index is 1.09. The van der Waals surface area contributed by atoms with Gasteiger partial charge in [0, 0.05) is 38.5 Å². The maximum atomic E-state index is 13.4. The van der Waals surface area contributed by atoms with Crippen LogP contribution in [0.3, 0.4) is 0 Å². The summed E-state index contributed by atoms with van der Waals surface area (Å²) in [5, 5.41) is 18.0. The predicted molar refractivity (Wildman–Crippen MR) is 222 cm³/mol. The molecular formula is C40H54N9O9P. The second-order valence-corrected chi connectivity index (χ2v) is 18.1. The van der Waals surface area contributed by atoms with Crippen molar-refractivity contribution in [2.45, 2.75) is 78.0 Å². The number of nitrogens with two attached hydrogens (primary N) is 1. The lowest BCUT2D eigenvalue weighted by Gasteiger charge is -2.32. The summed E-state index contributed by atoms with van der Waals surface area (Å²) in [6.45, 7) is 10.3. The van der Waals surface area contributed by atoms with Gasteiger partial charge in [-0.15, -0.1) is 0 Å². The van der Waals surface area contributed by atoms with Crippen LogP contribution in [0.15, 0.2) is 54.9 Å². The molecule has 2 heterocycles. The second-order valence-electron chi connectivity index (χ2n) is 16.1. The maximum Gasteiger partial charge on any atom is 0.407 e. The number of hydrogen-bond donors (Lipinski definition) is 5. The van der Waals surface area contributed by atoms with Crippen LogP contribution in [0, 0.1) is 0 Å². The summed E-state index contributed by atoms with van der Waals surface area (Å²) < 4.78 is 31.9. The van der Waals surface area contributed by atoms with Gasteiger partial charge >= 0.3 is 19.7 Å². The molecule has 0 aliphatic heterocycles. The molecule has 3 amide bonds. The van der Waals surface area contributed by atoms with Crippen LogP contribution in [0.25, 0.3) is 22.3 Å². The van der Waals surface area contributed by atoms with Crippen molar-refractivity contribution in [3.63, 3.8) is 0 Å². The minimum absolute atomic E-state index is 0.0468. The largest absolute Gasteiger partial charge is 0.480 e. The summed E-state index contributed by atoms with van der Waals surface area (Å²) >= 11 is 0. The predicted octanol–water partition coefficient (Wildman–Crippen LogP) is 4.99. The normalized spacial score (nSPS) is 12.8. The van der Waals surface area contributed by atoms with Gasteiger partial charge < -0.3 is 50.0 Å². The minimum atomic E-state index is -3.55. The Kier molecular flexibility index (Phi) is 14.3. The molecule has 0 bridgehead atoms. The molecule has 0 fully saturated rings. The van der Waals surface area contributed by atoms with Gasteiger partial charge in [0.05, 0.1) is 23.7 Å². The van der Waals surface area contributed by atoms with Gasteiger partial charge in [0.25, 0.3) is 0 Å². The summed E-state index contributed by atoms with van der Waals surface area (Å²) in [5.41, 5.74) is 9.54. The number of carbonyl (C=O) groups is 4. The highest BCUT2D eigenvalue weighted by Gasteiger charge is 2.35. The standard InChI is InChI=1S/C40H54N9O9P/c1-39(2,3)57-59(55,58-40(4,5)6)21-16-31(50)42-17-11-18-43-37-46-35(41)34-36(47-37)49(25-45-34)22-32(51)48(23-33(52)53)20-19-44-38(54)56-24-30-28-14-9-7-12-26(28)27-13-8-10-15-29(27)30/h7-10,12-15,25,30H,11,16-24H2,1-6H3,(H,42,50)(H,44,54)(H,52,53)(H3,41,43,46,47).